The molecule has 0 aromatic carbocycles. The largest absolute Gasteiger partial charge is 0.396 e. The minimum absolute atomic E-state index is 0.260. The molecule has 6 saturated carbocycles. The van der Waals surface area contributed by atoms with Crippen LogP contribution in [0.25, 0.3) is 0 Å². The van der Waals surface area contributed by atoms with Crippen molar-refractivity contribution in [2.75, 3.05) is 13.2 Å². The van der Waals surface area contributed by atoms with Crippen LogP contribution in [0.5, 0.6) is 0 Å². The van der Waals surface area contributed by atoms with Gasteiger partial charge in [0.15, 0.2) is 0 Å². The Morgan fingerprint density at radius 1 is 0.750 bits per heavy atom. The SMILES string of the molecule is OCC12C3C4C5C3C1(CO)C5C42. The molecule has 0 spiro atoms. The fraction of sp³-hybridized carbons (Fsp3) is 1.00. The lowest BCUT2D eigenvalue weighted by Gasteiger charge is -3.11. The van der Waals surface area contributed by atoms with Crippen LogP contribution in [0.2, 0.25) is 0 Å². The molecule has 0 heterocycles. The third kappa shape index (κ3) is 0.176. The summed E-state index contributed by atoms with van der Waals surface area (Å²) in [6, 6.07) is 0. The van der Waals surface area contributed by atoms with E-state index in [0.717, 1.165) is 35.5 Å². The maximum absolute atomic E-state index is 9.40. The Labute approximate surface area is 70.6 Å². The molecular formula is C10H12O2. The molecule has 6 aliphatic carbocycles. The predicted molar refractivity (Wildman–Crippen MR) is 40.0 cm³/mol. The summed E-state index contributed by atoms with van der Waals surface area (Å²) in [4.78, 5) is 0. The van der Waals surface area contributed by atoms with E-state index in [4.69, 9.17) is 0 Å². The number of rotatable bonds is 2. The molecule has 6 fully saturated rings. The summed E-state index contributed by atoms with van der Waals surface area (Å²) >= 11 is 0. The van der Waals surface area contributed by atoms with Crippen molar-refractivity contribution < 1.29 is 10.2 Å². The predicted octanol–water partition coefficient (Wildman–Crippen LogP) is -0.291. The molecule has 6 aliphatic rings. The fourth-order valence-electron chi connectivity index (χ4n) is 6.70. The Bertz CT molecular complexity index is 272. The van der Waals surface area contributed by atoms with Crippen molar-refractivity contribution in [3.63, 3.8) is 0 Å². The molecule has 0 aromatic rings. The van der Waals surface area contributed by atoms with Gasteiger partial charge in [0, 0.05) is 24.0 Å². The number of aliphatic hydroxyl groups excluding tert-OH is 2. The first-order valence-corrected chi connectivity index (χ1v) is 5.08. The summed E-state index contributed by atoms with van der Waals surface area (Å²) < 4.78 is 0. The highest BCUT2D eigenvalue weighted by atomic mass is 16.3. The van der Waals surface area contributed by atoms with E-state index in [9.17, 15) is 10.2 Å². The van der Waals surface area contributed by atoms with E-state index in [-0.39, 0.29) is 10.8 Å². The van der Waals surface area contributed by atoms with Gasteiger partial charge in [0.1, 0.15) is 0 Å². The van der Waals surface area contributed by atoms with Crippen LogP contribution < -0.4 is 0 Å². The summed E-state index contributed by atoms with van der Waals surface area (Å²) in [7, 11) is 0. The van der Waals surface area contributed by atoms with Crippen LogP contribution in [0.1, 0.15) is 0 Å². The lowest BCUT2D eigenvalue weighted by molar-refractivity contribution is -0.667. The zero-order valence-corrected chi connectivity index (χ0v) is 6.77. The average Bonchev–Trinajstić information content (AvgIpc) is 2.16. The summed E-state index contributed by atoms with van der Waals surface area (Å²) in [6.45, 7) is 0.720. The van der Waals surface area contributed by atoms with Crippen LogP contribution in [0.3, 0.4) is 0 Å². The highest BCUT2D eigenvalue weighted by molar-refractivity contribution is 5.55. The molecule has 64 valence electrons. The third-order valence-corrected chi connectivity index (χ3v) is 6.65. The molecule has 12 heavy (non-hydrogen) atoms. The van der Waals surface area contributed by atoms with Crippen molar-refractivity contribution in [1.82, 2.24) is 0 Å². The third-order valence-electron chi connectivity index (χ3n) is 6.65. The molecule has 0 aromatic heterocycles. The summed E-state index contributed by atoms with van der Waals surface area (Å²) in [6.07, 6.45) is 0. The molecule has 0 bridgehead atoms. The van der Waals surface area contributed by atoms with E-state index < -0.39 is 0 Å². The summed E-state index contributed by atoms with van der Waals surface area (Å²) in [5, 5.41) is 18.8. The van der Waals surface area contributed by atoms with Crippen LogP contribution in [0.15, 0.2) is 0 Å². The van der Waals surface area contributed by atoms with E-state index in [1.54, 1.807) is 0 Å². The van der Waals surface area contributed by atoms with Crippen molar-refractivity contribution in [2.45, 2.75) is 0 Å². The standard InChI is InChI=1S/C10H12O2/c11-1-9-5-3-4-7(5)10(9,2-12)8(4)6(3)9/h3-8,11-12H,1-2H2. The van der Waals surface area contributed by atoms with Crippen LogP contribution in [0, 0.1) is 46.3 Å². The van der Waals surface area contributed by atoms with Gasteiger partial charge in [-0.3, -0.25) is 0 Å². The van der Waals surface area contributed by atoms with Crippen LogP contribution in [-0.4, -0.2) is 23.4 Å². The van der Waals surface area contributed by atoms with Crippen LogP contribution in [-0.2, 0) is 0 Å². The van der Waals surface area contributed by atoms with Gasteiger partial charge in [0.2, 0.25) is 0 Å². The normalized spacial score (nSPS) is 88.5. The first-order valence-electron chi connectivity index (χ1n) is 5.08. The van der Waals surface area contributed by atoms with Gasteiger partial charge in [-0.25, -0.2) is 0 Å². The quantitative estimate of drug-likeness (QED) is 0.588. The van der Waals surface area contributed by atoms with Crippen LogP contribution in [0.4, 0.5) is 0 Å². The van der Waals surface area contributed by atoms with Gasteiger partial charge >= 0.3 is 0 Å². The number of aliphatic hydroxyl groups is 2. The van der Waals surface area contributed by atoms with E-state index in [2.05, 4.69) is 0 Å². The Balaban J connectivity index is 1.74. The molecule has 4 unspecified atom stereocenters. The molecule has 0 aliphatic heterocycles. The first kappa shape index (κ1) is 5.61. The summed E-state index contributed by atoms with van der Waals surface area (Å²) in [5.74, 6) is 5.45. The van der Waals surface area contributed by atoms with Crippen molar-refractivity contribution in [3.05, 3.63) is 0 Å². The molecule has 6 rings (SSSR count). The minimum Gasteiger partial charge on any atom is -0.396 e. The average molecular weight is 164 g/mol. The van der Waals surface area contributed by atoms with E-state index in [1.807, 2.05) is 0 Å². The molecule has 2 nitrogen and oxygen atoms in total. The summed E-state index contributed by atoms with van der Waals surface area (Å²) in [5.41, 5.74) is 0.521. The zero-order valence-electron chi connectivity index (χ0n) is 6.77. The maximum Gasteiger partial charge on any atom is 0.0499 e. The van der Waals surface area contributed by atoms with Gasteiger partial charge in [-0.15, -0.1) is 0 Å². The van der Waals surface area contributed by atoms with E-state index in [1.165, 1.54) is 0 Å². The number of hydrogen-bond donors (Lipinski definition) is 2. The lowest BCUT2D eigenvalue weighted by Crippen LogP contribution is -3.11. The van der Waals surface area contributed by atoms with E-state index >= 15 is 0 Å². The molecular weight excluding hydrogens is 152 g/mol. The van der Waals surface area contributed by atoms with Crippen molar-refractivity contribution in [1.29, 1.82) is 0 Å². The topological polar surface area (TPSA) is 40.5 Å². The van der Waals surface area contributed by atoms with Crippen molar-refractivity contribution in [3.8, 4) is 0 Å². The van der Waals surface area contributed by atoms with Gasteiger partial charge in [0.05, 0.1) is 0 Å². The number of hydrogen-bond acceptors (Lipinski definition) is 2. The highest BCUT2D eigenvalue weighted by Gasteiger charge is 3.09. The molecule has 0 radical (unpaired) electrons. The second-order valence-corrected chi connectivity index (χ2v) is 5.65. The Kier molecular flexibility index (Phi) is 0.493. The highest BCUT2D eigenvalue weighted by Crippen LogP contribution is 3.10. The Morgan fingerprint density at radius 3 is 1.33 bits per heavy atom. The van der Waals surface area contributed by atoms with Gasteiger partial charge in [-0.2, -0.15) is 0 Å². The lowest BCUT2D eigenvalue weighted by atomic mass is 8.92. The Hall–Kier alpha value is -0.0800. The molecule has 2 heteroatoms. The van der Waals surface area contributed by atoms with Crippen LogP contribution >= 0.6 is 0 Å². The minimum atomic E-state index is 0.260. The second-order valence-electron chi connectivity index (χ2n) is 5.65. The van der Waals surface area contributed by atoms with Gasteiger partial charge in [0.25, 0.3) is 0 Å². The van der Waals surface area contributed by atoms with Crippen molar-refractivity contribution in [2.24, 2.45) is 46.3 Å². The molecule has 4 atom stereocenters. The fourth-order valence-corrected chi connectivity index (χ4v) is 6.70. The smallest absolute Gasteiger partial charge is 0.0499 e. The second kappa shape index (κ2) is 1.05. The van der Waals surface area contributed by atoms with Gasteiger partial charge in [-0.1, -0.05) is 0 Å². The zero-order chi connectivity index (χ0) is 7.88. The Morgan fingerprint density at radius 2 is 1.08 bits per heavy atom. The molecule has 0 amide bonds. The van der Waals surface area contributed by atoms with Gasteiger partial charge in [-0.05, 0) is 35.5 Å². The maximum atomic E-state index is 9.40. The van der Waals surface area contributed by atoms with Crippen molar-refractivity contribution >= 4 is 0 Å². The molecule has 0 saturated heterocycles. The van der Waals surface area contributed by atoms with Gasteiger partial charge < -0.3 is 10.2 Å². The molecule has 2 N–H and O–H groups in total. The monoisotopic (exact) mass is 164 g/mol. The van der Waals surface area contributed by atoms with E-state index in [0.29, 0.717) is 13.2 Å². The first-order chi connectivity index (χ1) is 5.86.